The van der Waals surface area contributed by atoms with E-state index < -0.39 is 17.9 Å². The molecular formula is C25H29N5O4. The van der Waals surface area contributed by atoms with Crippen LogP contribution in [0.4, 0.5) is 11.5 Å². The minimum absolute atomic E-state index is 0.0318. The van der Waals surface area contributed by atoms with E-state index in [-0.39, 0.29) is 16.5 Å². The zero-order valence-corrected chi connectivity index (χ0v) is 19.5. The molecule has 0 radical (unpaired) electrons. The molecule has 0 saturated carbocycles. The number of primary amides is 1. The molecule has 9 nitrogen and oxygen atoms in total. The summed E-state index contributed by atoms with van der Waals surface area (Å²) in [4.78, 5) is 43.6. The predicted octanol–water partition coefficient (Wildman–Crippen LogP) is 3.29. The summed E-state index contributed by atoms with van der Waals surface area (Å²) in [6.45, 7) is 7.86. The van der Waals surface area contributed by atoms with Gasteiger partial charge < -0.3 is 21.1 Å². The fourth-order valence-corrected chi connectivity index (χ4v) is 4.29. The Morgan fingerprint density at radius 3 is 2.50 bits per heavy atom. The summed E-state index contributed by atoms with van der Waals surface area (Å²) < 4.78 is 1.27. The van der Waals surface area contributed by atoms with E-state index in [4.69, 9.17) is 10.7 Å². The Morgan fingerprint density at radius 2 is 1.85 bits per heavy atom. The molecule has 4 rings (SSSR count). The number of carbonyl (C=O) groups is 2. The maximum atomic E-state index is 13.0. The van der Waals surface area contributed by atoms with Crippen molar-refractivity contribution in [1.29, 1.82) is 0 Å². The molecule has 3 aromatic rings. The second-order valence-electron chi connectivity index (χ2n) is 9.56. The SMILES string of the molecule is CC(Nc1ccccc1C(N)=O)c1cc(C(=O)O)cn2c(=O)cc(N3CCC(C)(C)CC3)nc12. The van der Waals surface area contributed by atoms with Crippen molar-refractivity contribution in [1.82, 2.24) is 9.38 Å². The Bertz CT molecular complexity index is 1320. The van der Waals surface area contributed by atoms with Crippen LogP contribution in [0.25, 0.3) is 5.65 Å². The number of carboxylic acids is 1. The lowest BCUT2D eigenvalue weighted by Gasteiger charge is -2.37. The fourth-order valence-electron chi connectivity index (χ4n) is 4.29. The molecule has 1 fully saturated rings. The minimum atomic E-state index is -1.15. The van der Waals surface area contributed by atoms with Gasteiger partial charge in [-0.25, -0.2) is 9.78 Å². The van der Waals surface area contributed by atoms with Crippen LogP contribution in [-0.4, -0.2) is 39.5 Å². The first kappa shape index (κ1) is 23.3. The van der Waals surface area contributed by atoms with Gasteiger partial charge in [-0.05, 0) is 43.4 Å². The summed E-state index contributed by atoms with van der Waals surface area (Å²) in [6, 6.07) is 9.31. The summed E-state index contributed by atoms with van der Waals surface area (Å²) in [7, 11) is 0. The monoisotopic (exact) mass is 463 g/mol. The third-order valence-electron chi connectivity index (χ3n) is 6.50. The number of hydrogen-bond donors (Lipinski definition) is 3. The van der Waals surface area contributed by atoms with E-state index in [0.717, 1.165) is 25.9 Å². The average molecular weight is 464 g/mol. The van der Waals surface area contributed by atoms with Gasteiger partial charge >= 0.3 is 5.97 Å². The number of nitrogens with two attached hydrogens (primary N) is 1. The number of carboxylic acid groups (broad SMARTS) is 1. The number of aromatic nitrogens is 2. The van der Waals surface area contributed by atoms with Gasteiger partial charge in [-0.2, -0.15) is 0 Å². The average Bonchev–Trinajstić information content (AvgIpc) is 2.78. The number of rotatable bonds is 6. The molecule has 0 bridgehead atoms. The Hall–Kier alpha value is -3.88. The second kappa shape index (κ2) is 8.81. The van der Waals surface area contributed by atoms with E-state index in [9.17, 15) is 19.5 Å². The Morgan fingerprint density at radius 1 is 1.18 bits per heavy atom. The van der Waals surface area contributed by atoms with Crippen LogP contribution in [0.15, 0.2) is 47.4 Å². The van der Waals surface area contributed by atoms with Crippen molar-refractivity contribution in [2.24, 2.45) is 11.1 Å². The van der Waals surface area contributed by atoms with E-state index in [1.165, 1.54) is 22.7 Å². The largest absolute Gasteiger partial charge is 0.478 e. The van der Waals surface area contributed by atoms with Gasteiger partial charge in [0.25, 0.3) is 11.5 Å². The molecule has 1 unspecified atom stereocenters. The van der Waals surface area contributed by atoms with Crippen LogP contribution in [0, 0.1) is 5.41 Å². The Labute approximate surface area is 197 Å². The number of benzene rings is 1. The lowest BCUT2D eigenvalue weighted by Crippen LogP contribution is -2.38. The van der Waals surface area contributed by atoms with E-state index in [1.807, 2.05) is 6.92 Å². The number of para-hydroxylation sites is 1. The Kier molecular flexibility index (Phi) is 6.03. The molecule has 1 aromatic carbocycles. The predicted molar refractivity (Wildman–Crippen MR) is 131 cm³/mol. The van der Waals surface area contributed by atoms with Gasteiger partial charge in [-0.3, -0.25) is 14.0 Å². The number of piperidine rings is 1. The third-order valence-corrected chi connectivity index (χ3v) is 6.50. The van der Waals surface area contributed by atoms with Gasteiger partial charge in [0.05, 0.1) is 17.2 Å². The van der Waals surface area contributed by atoms with E-state index in [1.54, 1.807) is 24.3 Å². The molecular weight excluding hydrogens is 434 g/mol. The van der Waals surface area contributed by atoms with Crippen molar-refractivity contribution in [3.05, 3.63) is 69.6 Å². The molecule has 3 heterocycles. The zero-order chi connectivity index (χ0) is 24.6. The molecule has 34 heavy (non-hydrogen) atoms. The maximum absolute atomic E-state index is 13.0. The molecule has 1 saturated heterocycles. The van der Waals surface area contributed by atoms with Crippen molar-refractivity contribution in [3.63, 3.8) is 0 Å². The second-order valence-corrected chi connectivity index (χ2v) is 9.56. The normalized spacial score (nSPS) is 16.3. The van der Waals surface area contributed by atoms with Crippen LogP contribution >= 0.6 is 0 Å². The van der Waals surface area contributed by atoms with Gasteiger partial charge in [-0.15, -0.1) is 0 Å². The third kappa shape index (κ3) is 4.59. The van der Waals surface area contributed by atoms with Crippen LogP contribution in [0.5, 0.6) is 0 Å². The van der Waals surface area contributed by atoms with Crippen LogP contribution in [0.1, 0.15) is 65.9 Å². The summed E-state index contributed by atoms with van der Waals surface area (Å²) >= 11 is 0. The highest BCUT2D eigenvalue weighted by Gasteiger charge is 2.27. The number of hydrogen-bond acceptors (Lipinski definition) is 6. The number of nitrogens with one attached hydrogen (secondary N) is 1. The number of amides is 1. The highest BCUT2D eigenvalue weighted by atomic mass is 16.4. The molecule has 0 aliphatic carbocycles. The van der Waals surface area contributed by atoms with Gasteiger partial charge in [0.1, 0.15) is 11.5 Å². The maximum Gasteiger partial charge on any atom is 0.337 e. The highest BCUT2D eigenvalue weighted by Crippen LogP contribution is 2.32. The summed E-state index contributed by atoms with van der Waals surface area (Å²) in [5.41, 5.74) is 7.09. The van der Waals surface area contributed by atoms with Crippen molar-refractivity contribution in [3.8, 4) is 0 Å². The summed E-state index contributed by atoms with van der Waals surface area (Å²) in [5.74, 6) is -1.15. The summed E-state index contributed by atoms with van der Waals surface area (Å²) in [6.07, 6.45) is 3.27. The number of anilines is 2. The minimum Gasteiger partial charge on any atom is -0.478 e. The fraction of sp³-hybridized carbons (Fsp3) is 0.360. The molecule has 0 spiro atoms. The lowest BCUT2D eigenvalue weighted by atomic mass is 9.83. The van der Waals surface area contributed by atoms with Crippen LogP contribution in [-0.2, 0) is 0 Å². The summed E-state index contributed by atoms with van der Waals surface area (Å²) in [5, 5.41) is 12.9. The number of aromatic carboxylic acids is 1. The number of pyridine rings is 1. The molecule has 4 N–H and O–H groups in total. The number of fused-ring (bicyclic) bond motifs is 1. The van der Waals surface area contributed by atoms with Gasteiger partial charge in [0.15, 0.2) is 0 Å². The molecule has 2 aromatic heterocycles. The first-order valence-corrected chi connectivity index (χ1v) is 11.3. The standard InChI is InChI=1S/C25H29N5O4/c1-15(27-19-7-5-4-6-17(19)22(26)32)18-12-16(24(33)34)14-30-21(31)13-20(28-23(18)30)29-10-8-25(2,3)9-11-29/h4-7,12-15,27H,8-11H2,1-3H3,(H2,26,32)(H,33,34). The lowest BCUT2D eigenvalue weighted by molar-refractivity contribution is 0.0696. The highest BCUT2D eigenvalue weighted by molar-refractivity contribution is 5.98. The van der Waals surface area contributed by atoms with Crippen molar-refractivity contribution in [2.75, 3.05) is 23.3 Å². The first-order chi connectivity index (χ1) is 16.1. The van der Waals surface area contributed by atoms with Crippen molar-refractivity contribution < 1.29 is 14.7 Å². The first-order valence-electron chi connectivity index (χ1n) is 11.3. The smallest absolute Gasteiger partial charge is 0.337 e. The van der Waals surface area contributed by atoms with Gasteiger partial charge in [0.2, 0.25) is 0 Å². The van der Waals surface area contributed by atoms with E-state index in [2.05, 4.69) is 24.1 Å². The van der Waals surface area contributed by atoms with Gasteiger partial charge in [0, 0.05) is 36.6 Å². The quantitative estimate of drug-likeness (QED) is 0.511. The molecule has 1 aliphatic rings. The Balaban J connectivity index is 1.81. The number of nitrogens with zero attached hydrogens (tertiary/aromatic N) is 3. The van der Waals surface area contributed by atoms with E-state index >= 15 is 0 Å². The van der Waals surface area contributed by atoms with Crippen LogP contribution in [0.3, 0.4) is 0 Å². The van der Waals surface area contributed by atoms with Crippen molar-refractivity contribution >= 4 is 29.0 Å². The van der Waals surface area contributed by atoms with Crippen LogP contribution in [0.2, 0.25) is 0 Å². The van der Waals surface area contributed by atoms with Crippen molar-refractivity contribution in [2.45, 2.75) is 39.7 Å². The van der Waals surface area contributed by atoms with Gasteiger partial charge in [-0.1, -0.05) is 26.0 Å². The molecule has 1 aliphatic heterocycles. The topological polar surface area (TPSA) is 130 Å². The molecule has 1 atom stereocenters. The number of carbonyl (C=O) groups excluding carboxylic acids is 1. The zero-order valence-electron chi connectivity index (χ0n) is 19.5. The molecule has 1 amide bonds. The molecule has 178 valence electrons. The van der Waals surface area contributed by atoms with Crippen LogP contribution < -0.4 is 21.5 Å². The van der Waals surface area contributed by atoms with E-state index in [0.29, 0.717) is 28.3 Å². The molecule has 9 heteroatoms.